The Morgan fingerprint density at radius 1 is 1.24 bits per heavy atom. The average Bonchev–Trinajstić information content (AvgIpc) is 2.90. The van der Waals surface area contributed by atoms with Gasteiger partial charge >= 0.3 is 0 Å². The number of anilines is 1. The second kappa shape index (κ2) is 5.68. The number of allylic oxidation sites excluding steroid dienone is 2. The summed E-state index contributed by atoms with van der Waals surface area (Å²) in [5.74, 6) is -1.73. The molecule has 1 aliphatic heterocycles. The van der Waals surface area contributed by atoms with Gasteiger partial charge in [-0.2, -0.15) is 0 Å². The van der Waals surface area contributed by atoms with E-state index in [9.17, 15) is 19.5 Å². The Bertz CT molecular complexity index is 758. The van der Waals surface area contributed by atoms with Gasteiger partial charge in [0.15, 0.2) is 11.6 Å². The number of carbonyl (C=O) groups is 3. The zero-order valence-corrected chi connectivity index (χ0v) is 13.8. The van der Waals surface area contributed by atoms with E-state index in [1.165, 1.54) is 25.3 Å². The third kappa shape index (κ3) is 2.33. The minimum Gasteiger partial charge on any atom is -0.504 e. The van der Waals surface area contributed by atoms with Crippen LogP contribution in [0.2, 0.25) is 0 Å². The minimum atomic E-state index is -0.952. The molecule has 2 heterocycles. The summed E-state index contributed by atoms with van der Waals surface area (Å²) in [5, 5.41) is 12.2. The van der Waals surface area contributed by atoms with Crippen LogP contribution in [0.1, 0.15) is 19.8 Å². The Kier molecular flexibility index (Phi) is 3.59. The summed E-state index contributed by atoms with van der Waals surface area (Å²) in [4.78, 5) is 43.2. The molecule has 0 spiro atoms. The minimum absolute atomic E-state index is 0.0117. The molecular formula is C18H19N3O4. The number of amides is 3. The number of pyridine rings is 1. The molecule has 1 saturated heterocycles. The van der Waals surface area contributed by atoms with E-state index in [1.807, 2.05) is 12.2 Å². The molecule has 2 bridgehead atoms. The largest absolute Gasteiger partial charge is 0.504 e. The highest BCUT2D eigenvalue weighted by molar-refractivity contribution is 6.10. The molecule has 3 amide bonds. The van der Waals surface area contributed by atoms with Crippen molar-refractivity contribution in [3.05, 3.63) is 30.5 Å². The van der Waals surface area contributed by atoms with Crippen molar-refractivity contribution in [1.29, 1.82) is 0 Å². The van der Waals surface area contributed by atoms with Gasteiger partial charge < -0.3 is 10.4 Å². The van der Waals surface area contributed by atoms with Crippen LogP contribution in [0.4, 0.5) is 5.82 Å². The van der Waals surface area contributed by atoms with Gasteiger partial charge in [0.1, 0.15) is 6.04 Å². The van der Waals surface area contributed by atoms with Gasteiger partial charge in [0.25, 0.3) is 0 Å². The van der Waals surface area contributed by atoms with E-state index in [0.717, 1.165) is 17.7 Å². The molecule has 7 nitrogen and oxygen atoms in total. The maximum absolute atomic E-state index is 12.8. The van der Waals surface area contributed by atoms with Crippen LogP contribution in [0.3, 0.4) is 0 Å². The standard InChI is InChI=1S/C18H19N3O4/c1-9(16(23)20-15-12(22)3-2-8-19-15)21-17(24)13-10-4-5-11(7-6-10)14(13)18(21)25/h2-5,8-11,13-14,22H,6-7H2,1H3,(H,19,20,23)/t9-,10+,11+,13-,14-/m1/s1. The van der Waals surface area contributed by atoms with Crippen molar-refractivity contribution in [3.63, 3.8) is 0 Å². The third-order valence-corrected chi connectivity index (χ3v) is 5.59. The van der Waals surface area contributed by atoms with Crippen LogP contribution >= 0.6 is 0 Å². The van der Waals surface area contributed by atoms with Gasteiger partial charge in [-0.25, -0.2) is 4.98 Å². The Hall–Kier alpha value is -2.70. The molecule has 5 rings (SSSR count). The van der Waals surface area contributed by atoms with Crippen LogP contribution in [-0.4, -0.2) is 38.8 Å². The molecule has 2 N–H and O–H groups in total. The normalized spacial score (nSPS) is 31.2. The molecule has 0 unspecified atom stereocenters. The number of aromatic hydroxyl groups is 1. The molecule has 25 heavy (non-hydrogen) atoms. The lowest BCUT2D eigenvalue weighted by molar-refractivity contribution is -0.146. The zero-order valence-electron chi connectivity index (χ0n) is 13.8. The number of rotatable bonds is 3. The molecule has 7 heteroatoms. The Balaban J connectivity index is 1.55. The third-order valence-electron chi connectivity index (χ3n) is 5.59. The van der Waals surface area contributed by atoms with E-state index in [2.05, 4.69) is 10.3 Å². The number of nitrogens with zero attached hydrogens (tertiary/aromatic N) is 2. The van der Waals surface area contributed by atoms with Crippen LogP contribution in [-0.2, 0) is 14.4 Å². The summed E-state index contributed by atoms with van der Waals surface area (Å²) < 4.78 is 0. The molecule has 0 aromatic carbocycles. The lowest BCUT2D eigenvalue weighted by Crippen LogP contribution is -2.46. The maximum Gasteiger partial charge on any atom is 0.248 e. The second-order valence-electron chi connectivity index (χ2n) is 6.92. The quantitative estimate of drug-likeness (QED) is 0.638. The van der Waals surface area contributed by atoms with Gasteiger partial charge in [-0.15, -0.1) is 0 Å². The molecule has 3 aliphatic carbocycles. The summed E-state index contributed by atoms with van der Waals surface area (Å²) in [5.41, 5.74) is 0. The summed E-state index contributed by atoms with van der Waals surface area (Å²) in [7, 11) is 0. The molecule has 1 saturated carbocycles. The average molecular weight is 341 g/mol. The fourth-order valence-corrected chi connectivity index (χ4v) is 4.31. The summed E-state index contributed by atoms with van der Waals surface area (Å²) in [6, 6.07) is 1.98. The number of imide groups is 1. The SMILES string of the molecule is C[C@H](C(=O)Nc1ncccc1O)N1C(=O)[C@H]2[C@H](C1=O)[C@H]1C=C[C@H]2CC1. The first-order valence-electron chi connectivity index (χ1n) is 8.49. The maximum atomic E-state index is 12.8. The Morgan fingerprint density at radius 2 is 1.84 bits per heavy atom. The van der Waals surface area contributed by atoms with E-state index >= 15 is 0 Å². The fourth-order valence-electron chi connectivity index (χ4n) is 4.31. The first-order valence-corrected chi connectivity index (χ1v) is 8.49. The van der Waals surface area contributed by atoms with Gasteiger partial charge in [0.05, 0.1) is 11.8 Å². The van der Waals surface area contributed by atoms with Crippen LogP contribution in [0.5, 0.6) is 5.75 Å². The van der Waals surface area contributed by atoms with Crippen molar-refractivity contribution in [2.75, 3.05) is 5.32 Å². The molecule has 1 aromatic heterocycles. The van der Waals surface area contributed by atoms with Crippen LogP contribution < -0.4 is 5.32 Å². The van der Waals surface area contributed by atoms with Crippen LogP contribution in [0.15, 0.2) is 30.5 Å². The van der Waals surface area contributed by atoms with E-state index in [1.54, 1.807) is 0 Å². The molecule has 4 aliphatic rings. The van der Waals surface area contributed by atoms with Crippen LogP contribution in [0.25, 0.3) is 0 Å². The number of hydrogen-bond acceptors (Lipinski definition) is 5. The number of hydrogen-bond donors (Lipinski definition) is 2. The van der Waals surface area contributed by atoms with Crippen molar-refractivity contribution >= 4 is 23.5 Å². The van der Waals surface area contributed by atoms with Crippen molar-refractivity contribution in [2.24, 2.45) is 23.7 Å². The molecule has 1 aromatic rings. The van der Waals surface area contributed by atoms with Crippen molar-refractivity contribution in [1.82, 2.24) is 9.88 Å². The summed E-state index contributed by atoms with van der Waals surface area (Å²) in [6.45, 7) is 1.53. The highest BCUT2D eigenvalue weighted by Crippen LogP contribution is 2.49. The van der Waals surface area contributed by atoms with Crippen molar-refractivity contribution in [3.8, 4) is 5.75 Å². The summed E-state index contributed by atoms with van der Waals surface area (Å²) in [6.07, 6.45) is 7.35. The zero-order chi connectivity index (χ0) is 17.7. The first kappa shape index (κ1) is 15.8. The highest BCUT2D eigenvalue weighted by atomic mass is 16.3. The van der Waals surface area contributed by atoms with E-state index in [4.69, 9.17) is 0 Å². The Morgan fingerprint density at radius 3 is 2.36 bits per heavy atom. The van der Waals surface area contributed by atoms with Gasteiger partial charge in [-0.05, 0) is 43.7 Å². The molecule has 0 radical (unpaired) electrons. The number of nitrogens with one attached hydrogen (secondary N) is 1. The van der Waals surface area contributed by atoms with Crippen LogP contribution in [0, 0.1) is 23.7 Å². The first-order chi connectivity index (χ1) is 12.0. The smallest absolute Gasteiger partial charge is 0.248 e. The van der Waals surface area contributed by atoms with E-state index in [0.29, 0.717) is 0 Å². The summed E-state index contributed by atoms with van der Waals surface area (Å²) >= 11 is 0. The van der Waals surface area contributed by atoms with Gasteiger partial charge in [0, 0.05) is 6.20 Å². The lowest BCUT2D eigenvalue weighted by Gasteiger charge is -2.38. The predicted octanol–water partition coefficient (Wildman–Crippen LogP) is 1.31. The fraction of sp³-hybridized carbons (Fsp3) is 0.444. The monoisotopic (exact) mass is 341 g/mol. The van der Waals surface area contributed by atoms with Crippen molar-refractivity contribution in [2.45, 2.75) is 25.8 Å². The molecule has 2 fully saturated rings. The van der Waals surface area contributed by atoms with E-state index in [-0.39, 0.29) is 47.1 Å². The topological polar surface area (TPSA) is 99.6 Å². The number of carbonyl (C=O) groups excluding carboxylic acids is 3. The number of aromatic nitrogens is 1. The number of likely N-dealkylation sites (tertiary alicyclic amines) is 1. The van der Waals surface area contributed by atoms with E-state index < -0.39 is 11.9 Å². The predicted molar refractivity (Wildman–Crippen MR) is 88.2 cm³/mol. The molecule has 5 atom stereocenters. The van der Waals surface area contributed by atoms with Crippen molar-refractivity contribution < 1.29 is 19.5 Å². The second-order valence-corrected chi connectivity index (χ2v) is 6.92. The lowest BCUT2D eigenvalue weighted by atomic mass is 9.63. The molecule has 130 valence electrons. The van der Waals surface area contributed by atoms with Gasteiger partial charge in [-0.3, -0.25) is 19.3 Å². The van der Waals surface area contributed by atoms with Gasteiger partial charge in [0.2, 0.25) is 17.7 Å². The Labute approximate surface area is 144 Å². The highest BCUT2D eigenvalue weighted by Gasteiger charge is 2.58. The molecular weight excluding hydrogens is 322 g/mol. The van der Waals surface area contributed by atoms with Gasteiger partial charge in [-0.1, -0.05) is 12.2 Å². The number of fused-ring (bicyclic) bond motifs is 1.